The molecule has 6 heteroatoms. The molecule has 0 radical (unpaired) electrons. The number of hydrogen-bond donors (Lipinski definition) is 1. The van der Waals surface area contributed by atoms with Gasteiger partial charge in [0.2, 0.25) is 0 Å². The number of benzene rings is 3. The number of hydrogen-bond acceptors (Lipinski definition) is 3. The summed E-state index contributed by atoms with van der Waals surface area (Å²) in [7, 11) is 0. The van der Waals surface area contributed by atoms with E-state index in [4.69, 9.17) is 9.84 Å². The van der Waals surface area contributed by atoms with Gasteiger partial charge in [-0.25, -0.2) is 9.18 Å². The molecule has 0 aliphatic carbocycles. The fraction of sp³-hybridized carbons (Fsp3) is 0.0870. The van der Waals surface area contributed by atoms with Crippen LogP contribution in [0.4, 0.5) is 4.39 Å². The molecule has 1 N–H and O–H groups in total. The van der Waals surface area contributed by atoms with Gasteiger partial charge in [0.15, 0.2) is 6.61 Å². The standard InChI is InChI=1S/C23H18FIO3S/c24-18-8-4-7-17(13-18)20(16-5-2-1-3-6-16)11-12-29-19-9-10-22(21(25)14-19)28-15-23(26)27/h1-11,13-14H,12,15H2,(H,26,27). The Morgan fingerprint density at radius 3 is 2.48 bits per heavy atom. The van der Waals surface area contributed by atoms with Crippen molar-refractivity contribution in [2.45, 2.75) is 4.90 Å². The third kappa shape index (κ3) is 6.33. The highest BCUT2D eigenvalue weighted by Gasteiger charge is 2.08. The number of rotatable bonds is 8. The van der Waals surface area contributed by atoms with Crippen molar-refractivity contribution in [1.29, 1.82) is 0 Å². The summed E-state index contributed by atoms with van der Waals surface area (Å²) in [6.07, 6.45) is 2.09. The van der Waals surface area contributed by atoms with Crippen LogP contribution in [-0.2, 0) is 4.79 Å². The van der Waals surface area contributed by atoms with Crippen LogP contribution in [0.25, 0.3) is 5.57 Å². The van der Waals surface area contributed by atoms with Crippen LogP contribution in [0.2, 0.25) is 0 Å². The van der Waals surface area contributed by atoms with Gasteiger partial charge in [-0.15, -0.1) is 11.8 Å². The Labute approximate surface area is 186 Å². The van der Waals surface area contributed by atoms with Gasteiger partial charge in [0.25, 0.3) is 0 Å². The molecular weight excluding hydrogens is 502 g/mol. The highest BCUT2D eigenvalue weighted by atomic mass is 127. The summed E-state index contributed by atoms with van der Waals surface area (Å²) >= 11 is 3.77. The van der Waals surface area contributed by atoms with E-state index >= 15 is 0 Å². The monoisotopic (exact) mass is 520 g/mol. The lowest BCUT2D eigenvalue weighted by atomic mass is 9.98. The first-order valence-electron chi connectivity index (χ1n) is 8.81. The van der Waals surface area contributed by atoms with Crippen LogP contribution >= 0.6 is 34.4 Å². The molecule has 3 aromatic rings. The van der Waals surface area contributed by atoms with Gasteiger partial charge < -0.3 is 9.84 Å². The van der Waals surface area contributed by atoms with Crippen molar-refractivity contribution in [2.75, 3.05) is 12.4 Å². The second-order valence-corrected chi connectivity index (χ2v) is 8.34. The molecule has 0 spiro atoms. The van der Waals surface area contributed by atoms with Gasteiger partial charge in [0.1, 0.15) is 11.6 Å². The normalized spacial score (nSPS) is 11.3. The second-order valence-electron chi connectivity index (χ2n) is 6.08. The fourth-order valence-corrected chi connectivity index (χ4v) is 4.42. The van der Waals surface area contributed by atoms with Gasteiger partial charge in [-0.3, -0.25) is 0 Å². The molecule has 0 bridgehead atoms. The van der Waals surface area contributed by atoms with Crippen LogP contribution in [0.5, 0.6) is 5.75 Å². The van der Waals surface area contributed by atoms with Crippen LogP contribution in [0.1, 0.15) is 11.1 Å². The molecular formula is C23H18FIO3S. The maximum atomic E-state index is 13.7. The van der Waals surface area contributed by atoms with E-state index in [9.17, 15) is 9.18 Å². The topological polar surface area (TPSA) is 46.5 Å². The van der Waals surface area contributed by atoms with Crippen LogP contribution in [0.3, 0.4) is 0 Å². The van der Waals surface area contributed by atoms with E-state index in [0.717, 1.165) is 25.2 Å². The summed E-state index contributed by atoms with van der Waals surface area (Å²) in [6.45, 7) is -0.362. The number of carbonyl (C=O) groups is 1. The van der Waals surface area contributed by atoms with Crippen LogP contribution in [0, 0.1) is 9.39 Å². The van der Waals surface area contributed by atoms with Gasteiger partial charge in [-0.05, 0) is 69.6 Å². The molecule has 0 fully saturated rings. The highest BCUT2D eigenvalue weighted by Crippen LogP contribution is 2.29. The molecule has 0 unspecified atom stereocenters. The maximum Gasteiger partial charge on any atom is 0.341 e. The smallest absolute Gasteiger partial charge is 0.341 e. The largest absolute Gasteiger partial charge is 0.481 e. The highest BCUT2D eigenvalue weighted by molar-refractivity contribution is 14.1. The molecule has 0 saturated carbocycles. The summed E-state index contributed by atoms with van der Waals surface area (Å²) in [6, 6.07) is 22.2. The van der Waals surface area contributed by atoms with Crippen LogP contribution < -0.4 is 4.74 Å². The Bertz CT molecular complexity index is 1020. The third-order valence-electron chi connectivity index (χ3n) is 4.01. The van der Waals surface area contributed by atoms with E-state index in [2.05, 4.69) is 28.7 Å². The molecule has 0 amide bonds. The van der Waals surface area contributed by atoms with E-state index in [1.165, 1.54) is 6.07 Å². The van der Waals surface area contributed by atoms with Gasteiger partial charge in [-0.1, -0.05) is 48.5 Å². The number of ether oxygens (including phenoxy) is 1. The van der Waals surface area contributed by atoms with Gasteiger partial charge in [-0.2, -0.15) is 0 Å². The Hall–Kier alpha value is -2.32. The first-order valence-corrected chi connectivity index (χ1v) is 10.9. The summed E-state index contributed by atoms with van der Waals surface area (Å²) in [5.74, 6) is -0.0112. The van der Waals surface area contributed by atoms with E-state index in [0.29, 0.717) is 11.5 Å². The van der Waals surface area contributed by atoms with Crippen LogP contribution in [-0.4, -0.2) is 23.4 Å². The number of aliphatic carboxylic acids is 1. The summed E-state index contributed by atoms with van der Waals surface area (Å²) in [5, 5.41) is 8.73. The molecule has 29 heavy (non-hydrogen) atoms. The number of carboxylic acid groups (broad SMARTS) is 1. The minimum Gasteiger partial charge on any atom is -0.481 e. The minimum atomic E-state index is -1.00. The van der Waals surface area contributed by atoms with Crippen molar-refractivity contribution in [3.05, 3.63) is 99.4 Å². The number of halogens is 2. The molecule has 0 aromatic heterocycles. The molecule has 0 atom stereocenters. The molecule has 148 valence electrons. The molecule has 0 aliphatic rings. The number of thioether (sulfide) groups is 1. The average molecular weight is 520 g/mol. The van der Waals surface area contributed by atoms with Gasteiger partial charge >= 0.3 is 5.97 Å². The molecule has 0 saturated heterocycles. The quantitative estimate of drug-likeness (QED) is 0.287. The van der Waals surface area contributed by atoms with E-state index in [1.54, 1.807) is 30.0 Å². The Balaban J connectivity index is 1.76. The average Bonchev–Trinajstić information content (AvgIpc) is 2.71. The van der Waals surface area contributed by atoms with Crippen molar-refractivity contribution in [2.24, 2.45) is 0 Å². The van der Waals surface area contributed by atoms with Crippen molar-refractivity contribution in [1.82, 2.24) is 0 Å². The molecule has 3 rings (SSSR count). The fourth-order valence-electron chi connectivity index (χ4n) is 2.73. The summed E-state index contributed by atoms with van der Waals surface area (Å²) in [4.78, 5) is 11.7. The van der Waals surface area contributed by atoms with Crippen molar-refractivity contribution < 1.29 is 19.0 Å². The second kappa shape index (κ2) is 10.5. The molecule has 0 heterocycles. The zero-order valence-corrected chi connectivity index (χ0v) is 18.3. The van der Waals surface area contributed by atoms with Gasteiger partial charge in [0.05, 0.1) is 3.57 Å². The third-order valence-corrected chi connectivity index (χ3v) is 5.78. The van der Waals surface area contributed by atoms with Crippen molar-refractivity contribution in [3.63, 3.8) is 0 Å². The number of carboxylic acids is 1. The predicted molar refractivity (Wildman–Crippen MR) is 123 cm³/mol. The Morgan fingerprint density at radius 1 is 1.03 bits per heavy atom. The van der Waals surface area contributed by atoms with Crippen molar-refractivity contribution >= 4 is 45.9 Å². The maximum absolute atomic E-state index is 13.7. The minimum absolute atomic E-state index is 0.261. The molecule has 3 nitrogen and oxygen atoms in total. The first kappa shape index (κ1) is 21.4. The zero-order valence-electron chi connectivity index (χ0n) is 15.3. The SMILES string of the molecule is O=C(O)COc1ccc(SCC=C(c2ccccc2)c2cccc(F)c2)cc1I. The van der Waals surface area contributed by atoms with Gasteiger partial charge in [0, 0.05) is 10.6 Å². The summed E-state index contributed by atoms with van der Waals surface area (Å²) < 4.78 is 19.9. The first-order chi connectivity index (χ1) is 14.0. The molecule has 3 aromatic carbocycles. The zero-order chi connectivity index (χ0) is 20.6. The summed E-state index contributed by atoms with van der Waals surface area (Å²) in [5.41, 5.74) is 2.85. The molecule has 0 aliphatic heterocycles. The lowest BCUT2D eigenvalue weighted by Gasteiger charge is -2.10. The predicted octanol–water partition coefficient (Wildman–Crippen LogP) is 6.12. The Morgan fingerprint density at radius 2 is 1.79 bits per heavy atom. The van der Waals surface area contributed by atoms with Crippen LogP contribution in [0.15, 0.2) is 83.8 Å². The van der Waals surface area contributed by atoms with E-state index in [-0.39, 0.29) is 12.4 Å². The Kier molecular flexibility index (Phi) is 7.71. The lowest BCUT2D eigenvalue weighted by Crippen LogP contribution is -2.10. The van der Waals surface area contributed by atoms with E-state index < -0.39 is 5.97 Å². The van der Waals surface area contributed by atoms with Crippen molar-refractivity contribution in [3.8, 4) is 5.75 Å². The lowest BCUT2D eigenvalue weighted by molar-refractivity contribution is -0.139. The van der Waals surface area contributed by atoms with E-state index in [1.807, 2.05) is 48.5 Å².